The van der Waals surface area contributed by atoms with Crippen LogP contribution in [0.15, 0.2) is 42.7 Å². The lowest BCUT2D eigenvalue weighted by molar-refractivity contribution is 0.0790. The van der Waals surface area contributed by atoms with Crippen LogP contribution in [0.5, 0.6) is 5.75 Å². The number of ether oxygens (including phenoxy) is 1. The van der Waals surface area contributed by atoms with Gasteiger partial charge in [-0.25, -0.2) is 4.39 Å². The van der Waals surface area contributed by atoms with Crippen LogP contribution < -0.4 is 4.74 Å². The Morgan fingerprint density at radius 3 is 3.07 bits per heavy atom. The molecular formula is C19H20FN5O2. The summed E-state index contributed by atoms with van der Waals surface area (Å²) < 4.78 is 20.4. The number of aromatic amines is 1. The maximum Gasteiger partial charge on any atom is 0.257 e. The Morgan fingerprint density at radius 2 is 2.30 bits per heavy atom. The van der Waals surface area contributed by atoms with Crippen molar-refractivity contribution in [2.45, 2.75) is 18.9 Å². The number of amides is 1. The number of likely N-dealkylation sites (tertiary alicyclic amines) is 1. The lowest BCUT2D eigenvalue weighted by atomic mass is 10.1. The zero-order valence-corrected chi connectivity index (χ0v) is 14.9. The van der Waals surface area contributed by atoms with Gasteiger partial charge in [0.05, 0.1) is 23.1 Å². The summed E-state index contributed by atoms with van der Waals surface area (Å²) in [6.45, 7) is 1.60. The van der Waals surface area contributed by atoms with Gasteiger partial charge in [0, 0.05) is 38.3 Å². The van der Waals surface area contributed by atoms with E-state index < -0.39 is 0 Å². The average molecular weight is 369 g/mol. The normalized spacial score (nSPS) is 16.7. The molecule has 1 fully saturated rings. The first kappa shape index (κ1) is 17.3. The highest BCUT2D eigenvalue weighted by molar-refractivity contribution is 5.94. The second kappa shape index (κ2) is 7.22. The summed E-state index contributed by atoms with van der Waals surface area (Å²) in [4.78, 5) is 14.4. The minimum Gasteiger partial charge on any atom is -0.487 e. The van der Waals surface area contributed by atoms with E-state index in [2.05, 4.69) is 15.3 Å². The Bertz CT molecular complexity index is 951. The van der Waals surface area contributed by atoms with Crippen LogP contribution in [0.4, 0.5) is 4.39 Å². The van der Waals surface area contributed by atoms with Gasteiger partial charge in [-0.2, -0.15) is 10.2 Å². The molecule has 7 nitrogen and oxygen atoms in total. The van der Waals surface area contributed by atoms with Crippen molar-refractivity contribution in [3.8, 4) is 5.75 Å². The van der Waals surface area contributed by atoms with Gasteiger partial charge in [0.15, 0.2) is 0 Å². The standard InChI is InChI=1S/C19H20FN5O2/c1-24-10-14(9-21-24)19(26)25-6-5-13(11-25)18-8-16(22-23-18)12-27-17-4-2-3-15(20)7-17/h2-4,7-10,13H,5-6,11-12H2,1H3,(H,22,23). The van der Waals surface area contributed by atoms with Gasteiger partial charge in [0.1, 0.15) is 18.2 Å². The Kier molecular flexibility index (Phi) is 4.62. The number of aryl methyl sites for hydroxylation is 1. The number of hydrogen-bond acceptors (Lipinski definition) is 4. The molecule has 1 atom stereocenters. The highest BCUT2D eigenvalue weighted by atomic mass is 19.1. The van der Waals surface area contributed by atoms with E-state index in [-0.39, 0.29) is 24.2 Å². The minimum absolute atomic E-state index is 0.00389. The molecule has 1 saturated heterocycles. The molecule has 2 aromatic heterocycles. The van der Waals surface area contributed by atoms with E-state index >= 15 is 0 Å². The fourth-order valence-corrected chi connectivity index (χ4v) is 3.28. The molecule has 1 unspecified atom stereocenters. The molecule has 0 radical (unpaired) electrons. The molecule has 1 aliphatic rings. The molecule has 1 N–H and O–H groups in total. The minimum atomic E-state index is -0.331. The van der Waals surface area contributed by atoms with Crippen molar-refractivity contribution >= 4 is 5.91 Å². The molecule has 140 valence electrons. The number of H-pyrrole nitrogens is 1. The molecular weight excluding hydrogens is 349 g/mol. The molecule has 0 bridgehead atoms. The highest BCUT2D eigenvalue weighted by Crippen LogP contribution is 2.27. The number of nitrogens with zero attached hydrogens (tertiary/aromatic N) is 4. The van der Waals surface area contributed by atoms with Crippen molar-refractivity contribution in [2.24, 2.45) is 7.05 Å². The summed E-state index contributed by atoms with van der Waals surface area (Å²) in [6.07, 6.45) is 4.18. The van der Waals surface area contributed by atoms with Crippen molar-refractivity contribution < 1.29 is 13.9 Å². The van der Waals surface area contributed by atoms with E-state index in [0.717, 1.165) is 17.8 Å². The number of nitrogens with one attached hydrogen (secondary N) is 1. The monoisotopic (exact) mass is 369 g/mol. The van der Waals surface area contributed by atoms with Crippen molar-refractivity contribution in [3.63, 3.8) is 0 Å². The van der Waals surface area contributed by atoms with Crippen molar-refractivity contribution in [1.29, 1.82) is 0 Å². The molecule has 1 amide bonds. The number of aromatic nitrogens is 4. The molecule has 3 aromatic rings. The number of hydrogen-bond donors (Lipinski definition) is 1. The van der Waals surface area contributed by atoms with E-state index in [1.54, 1.807) is 36.3 Å². The van der Waals surface area contributed by atoms with Crippen LogP contribution >= 0.6 is 0 Å². The number of halogens is 1. The summed E-state index contributed by atoms with van der Waals surface area (Å²) in [7, 11) is 1.79. The lowest BCUT2D eigenvalue weighted by Gasteiger charge is -2.14. The smallest absolute Gasteiger partial charge is 0.257 e. The zero-order chi connectivity index (χ0) is 18.8. The first-order valence-corrected chi connectivity index (χ1v) is 8.79. The molecule has 8 heteroatoms. The fourth-order valence-electron chi connectivity index (χ4n) is 3.28. The largest absolute Gasteiger partial charge is 0.487 e. The van der Waals surface area contributed by atoms with Crippen LogP contribution in [0.3, 0.4) is 0 Å². The van der Waals surface area contributed by atoms with Gasteiger partial charge >= 0.3 is 0 Å². The maximum atomic E-state index is 13.2. The van der Waals surface area contributed by atoms with Gasteiger partial charge in [-0.1, -0.05) is 6.07 Å². The summed E-state index contributed by atoms with van der Waals surface area (Å²) in [5, 5.41) is 11.4. The third-order valence-corrected chi connectivity index (χ3v) is 4.69. The quantitative estimate of drug-likeness (QED) is 0.750. The van der Waals surface area contributed by atoms with Crippen LogP contribution in [0.1, 0.15) is 34.1 Å². The summed E-state index contributed by atoms with van der Waals surface area (Å²) in [6, 6.07) is 7.98. The summed E-state index contributed by atoms with van der Waals surface area (Å²) >= 11 is 0. The van der Waals surface area contributed by atoms with Crippen LogP contribution in [-0.4, -0.2) is 43.9 Å². The summed E-state index contributed by atoms with van der Waals surface area (Å²) in [5.74, 6) is 0.322. The predicted molar refractivity (Wildman–Crippen MR) is 95.8 cm³/mol. The second-order valence-corrected chi connectivity index (χ2v) is 6.70. The average Bonchev–Trinajstić information content (AvgIpc) is 3.39. The van der Waals surface area contributed by atoms with Gasteiger partial charge < -0.3 is 9.64 Å². The molecule has 3 heterocycles. The molecule has 27 heavy (non-hydrogen) atoms. The lowest BCUT2D eigenvalue weighted by Crippen LogP contribution is -2.28. The molecule has 1 aliphatic heterocycles. The van der Waals surface area contributed by atoms with Gasteiger partial charge in [0.2, 0.25) is 0 Å². The fraction of sp³-hybridized carbons (Fsp3) is 0.316. The Labute approximate surface area is 155 Å². The van der Waals surface area contributed by atoms with E-state index in [0.29, 0.717) is 24.4 Å². The van der Waals surface area contributed by atoms with Crippen molar-refractivity contribution in [1.82, 2.24) is 24.9 Å². The highest BCUT2D eigenvalue weighted by Gasteiger charge is 2.30. The van der Waals surface area contributed by atoms with Crippen molar-refractivity contribution in [3.05, 3.63) is 65.5 Å². The van der Waals surface area contributed by atoms with Gasteiger partial charge in [-0.3, -0.25) is 14.6 Å². The predicted octanol–water partition coefficient (Wildman–Crippen LogP) is 2.49. The van der Waals surface area contributed by atoms with E-state index in [1.165, 1.54) is 12.1 Å². The van der Waals surface area contributed by atoms with Gasteiger partial charge in [0.25, 0.3) is 5.91 Å². The first-order chi connectivity index (χ1) is 13.1. The molecule has 1 aromatic carbocycles. The second-order valence-electron chi connectivity index (χ2n) is 6.70. The van der Waals surface area contributed by atoms with Gasteiger partial charge in [-0.05, 0) is 24.6 Å². The van der Waals surface area contributed by atoms with Crippen LogP contribution in [0, 0.1) is 5.82 Å². The van der Waals surface area contributed by atoms with Crippen LogP contribution in [-0.2, 0) is 13.7 Å². The van der Waals surface area contributed by atoms with Crippen molar-refractivity contribution in [2.75, 3.05) is 13.1 Å². The third-order valence-electron chi connectivity index (χ3n) is 4.69. The maximum absolute atomic E-state index is 13.2. The number of carbonyl (C=O) groups excluding carboxylic acids is 1. The SMILES string of the molecule is Cn1cc(C(=O)N2CCC(c3cc(COc4cccc(F)c4)[nH]n3)C2)cn1. The van der Waals surface area contributed by atoms with E-state index in [9.17, 15) is 9.18 Å². The van der Waals surface area contributed by atoms with E-state index in [1.807, 2.05) is 11.0 Å². The Balaban J connectivity index is 1.35. The summed E-state index contributed by atoms with van der Waals surface area (Å²) in [5.41, 5.74) is 2.32. The number of rotatable bonds is 5. The van der Waals surface area contributed by atoms with Crippen LogP contribution in [0.2, 0.25) is 0 Å². The molecule has 0 spiro atoms. The third kappa shape index (κ3) is 3.84. The Morgan fingerprint density at radius 1 is 1.41 bits per heavy atom. The zero-order valence-electron chi connectivity index (χ0n) is 14.9. The molecule has 0 saturated carbocycles. The number of carbonyl (C=O) groups is 1. The van der Waals surface area contributed by atoms with Crippen LogP contribution in [0.25, 0.3) is 0 Å². The Hall–Kier alpha value is -3.16. The number of benzene rings is 1. The topological polar surface area (TPSA) is 76.0 Å². The molecule has 0 aliphatic carbocycles. The van der Waals surface area contributed by atoms with Gasteiger partial charge in [-0.15, -0.1) is 0 Å². The van der Waals surface area contributed by atoms with E-state index in [4.69, 9.17) is 4.74 Å². The first-order valence-electron chi connectivity index (χ1n) is 8.79. The molecule has 4 rings (SSSR count).